The molecule has 0 saturated heterocycles. The summed E-state index contributed by atoms with van der Waals surface area (Å²) in [4.78, 5) is 24.5. The molecule has 2 rings (SSSR count). The Morgan fingerprint density at radius 1 is 1.10 bits per heavy atom. The Hall–Kier alpha value is -2.91. The minimum absolute atomic E-state index is 0.0769. The molecule has 1 amide bonds. The number of carbonyl (C=O) groups is 2. The number of hydrogen-bond donors (Lipinski definition) is 1. The SMILES string of the molecule is CCOc1ccc(S(=O)(=O)N(CC)CC(=O)Nc2ccccc2C(=O)OC)cc1C. The van der Waals surface area contributed by atoms with Gasteiger partial charge in [0, 0.05) is 6.54 Å². The molecule has 0 unspecified atom stereocenters. The van der Waals surface area contributed by atoms with Crippen molar-refractivity contribution in [3.05, 3.63) is 53.6 Å². The van der Waals surface area contributed by atoms with Crippen LogP contribution in [0.4, 0.5) is 5.69 Å². The van der Waals surface area contributed by atoms with E-state index < -0.39 is 28.4 Å². The van der Waals surface area contributed by atoms with Crippen LogP contribution >= 0.6 is 0 Å². The van der Waals surface area contributed by atoms with Gasteiger partial charge in [-0.05, 0) is 49.7 Å². The third-order valence-corrected chi connectivity index (χ3v) is 6.28. The summed E-state index contributed by atoms with van der Waals surface area (Å²) in [5, 5.41) is 2.59. The molecule has 30 heavy (non-hydrogen) atoms. The number of carbonyl (C=O) groups excluding carboxylic acids is 2. The molecule has 0 heterocycles. The molecule has 0 aromatic heterocycles. The number of likely N-dealkylation sites (N-methyl/N-ethyl adjacent to an activating group) is 1. The average molecular weight is 435 g/mol. The van der Waals surface area contributed by atoms with Gasteiger partial charge >= 0.3 is 5.97 Å². The third kappa shape index (κ3) is 5.37. The molecule has 1 N–H and O–H groups in total. The summed E-state index contributed by atoms with van der Waals surface area (Å²) >= 11 is 0. The highest BCUT2D eigenvalue weighted by Crippen LogP contribution is 2.24. The number of rotatable bonds is 9. The highest BCUT2D eigenvalue weighted by Gasteiger charge is 2.26. The van der Waals surface area contributed by atoms with Gasteiger partial charge in [-0.2, -0.15) is 4.31 Å². The van der Waals surface area contributed by atoms with E-state index in [1.807, 2.05) is 6.92 Å². The summed E-state index contributed by atoms with van der Waals surface area (Å²) < 4.78 is 37.3. The number of hydrogen-bond acceptors (Lipinski definition) is 6. The lowest BCUT2D eigenvalue weighted by Gasteiger charge is -2.21. The minimum atomic E-state index is -3.90. The van der Waals surface area contributed by atoms with Crippen LogP contribution in [0.2, 0.25) is 0 Å². The van der Waals surface area contributed by atoms with Gasteiger partial charge in [0.2, 0.25) is 15.9 Å². The van der Waals surface area contributed by atoms with Crippen molar-refractivity contribution in [2.45, 2.75) is 25.7 Å². The predicted octanol–water partition coefficient (Wildman–Crippen LogP) is 2.83. The fourth-order valence-corrected chi connectivity index (χ4v) is 4.34. The van der Waals surface area contributed by atoms with Crippen molar-refractivity contribution < 1.29 is 27.5 Å². The molecule has 0 aliphatic rings. The summed E-state index contributed by atoms with van der Waals surface area (Å²) in [7, 11) is -2.66. The van der Waals surface area contributed by atoms with Gasteiger partial charge in [-0.1, -0.05) is 19.1 Å². The standard InChI is InChI=1S/C21H26N2O6S/c1-5-23(30(26,27)16-11-12-19(29-6-2)15(3)13-16)14-20(24)22-18-10-8-7-9-17(18)21(25)28-4/h7-13H,5-6,14H2,1-4H3,(H,22,24). The molecule has 0 spiro atoms. The van der Waals surface area contributed by atoms with Crippen molar-refractivity contribution in [1.29, 1.82) is 0 Å². The van der Waals surface area contributed by atoms with Crippen molar-refractivity contribution in [3.8, 4) is 5.75 Å². The van der Waals surface area contributed by atoms with Gasteiger partial charge in [0.05, 0.1) is 36.4 Å². The Labute approximate surface area is 176 Å². The minimum Gasteiger partial charge on any atom is -0.494 e. The summed E-state index contributed by atoms with van der Waals surface area (Å²) in [6.45, 7) is 5.42. The van der Waals surface area contributed by atoms with Gasteiger partial charge < -0.3 is 14.8 Å². The maximum atomic E-state index is 13.0. The molecule has 0 aliphatic heterocycles. The zero-order valence-corrected chi connectivity index (χ0v) is 18.3. The highest BCUT2D eigenvalue weighted by molar-refractivity contribution is 7.89. The lowest BCUT2D eigenvalue weighted by molar-refractivity contribution is -0.116. The Kier molecular flexibility index (Phi) is 7.96. The van der Waals surface area contributed by atoms with Crippen LogP contribution < -0.4 is 10.1 Å². The zero-order chi connectivity index (χ0) is 22.3. The smallest absolute Gasteiger partial charge is 0.339 e. The monoisotopic (exact) mass is 434 g/mol. The van der Waals surface area contributed by atoms with Gasteiger partial charge in [0.1, 0.15) is 5.75 Å². The second kappa shape index (κ2) is 10.2. The van der Waals surface area contributed by atoms with E-state index in [4.69, 9.17) is 9.47 Å². The summed E-state index contributed by atoms with van der Waals surface area (Å²) in [5.41, 5.74) is 1.12. The number of ether oxygens (including phenoxy) is 2. The first-order chi connectivity index (χ1) is 14.2. The van der Waals surface area contributed by atoms with Crippen molar-refractivity contribution in [2.75, 3.05) is 32.1 Å². The quantitative estimate of drug-likeness (QED) is 0.609. The number of aryl methyl sites for hydroxylation is 1. The Morgan fingerprint density at radius 2 is 1.80 bits per heavy atom. The maximum absolute atomic E-state index is 13.0. The number of anilines is 1. The van der Waals surface area contributed by atoms with E-state index in [1.165, 1.54) is 25.3 Å². The molecular formula is C21H26N2O6S. The van der Waals surface area contributed by atoms with Crippen molar-refractivity contribution in [1.82, 2.24) is 4.31 Å². The number of nitrogens with zero attached hydrogens (tertiary/aromatic N) is 1. The molecule has 2 aromatic rings. The fourth-order valence-electron chi connectivity index (χ4n) is 2.85. The van der Waals surface area contributed by atoms with Gasteiger partial charge in [-0.15, -0.1) is 0 Å². The number of amides is 1. The summed E-state index contributed by atoms with van der Waals surface area (Å²) in [5.74, 6) is -0.563. The molecule has 0 aliphatic carbocycles. The fraction of sp³-hybridized carbons (Fsp3) is 0.333. The molecule has 0 radical (unpaired) electrons. The average Bonchev–Trinajstić information content (AvgIpc) is 2.73. The molecule has 8 nitrogen and oxygen atoms in total. The Morgan fingerprint density at radius 3 is 2.40 bits per heavy atom. The van der Waals surface area contributed by atoms with Crippen LogP contribution in [0.3, 0.4) is 0 Å². The summed E-state index contributed by atoms with van der Waals surface area (Å²) in [6, 6.07) is 10.9. The largest absolute Gasteiger partial charge is 0.494 e. The molecule has 162 valence electrons. The van der Waals surface area contributed by atoms with Gasteiger partial charge in [0.15, 0.2) is 0 Å². The van der Waals surface area contributed by atoms with Gasteiger partial charge in [-0.3, -0.25) is 4.79 Å². The molecule has 0 atom stereocenters. The second-order valence-corrected chi connectivity index (χ2v) is 8.31. The Balaban J connectivity index is 2.21. The Bertz CT molecular complexity index is 1020. The number of sulfonamides is 1. The number of esters is 1. The van der Waals surface area contributed by atoms with E-state index in [9.17, 15) is 18.0 Å². The van der Waals surface area contributed by atoms with E-state index in [1.54, 1.807) is 38.1 Å². The van der Waals surface area contributed by atoms with Crippen LogP contribution in [0.15, 0.2) is 47.4 Å². The lowest BCUT2D eigenvalue weighted by atomic mass is 10.2. The van der Waals surface area contributed by atoms with E-state index >= 15 is 0 Å². The van der Waals surface area contributed by atoms with E-state index in [0.717, 1.165) is 4.31 Å². The number of benzene rings is 2. The maximum Gasteiger partial charge on any atom is 0.339 e. The number of methoxy groups -OCH3 is 1. The zero-order valence-electron chi connectivity index (χ0n) is 17.5. The lowest BCUT2D eigenvalue weighted by Crippen LogP contribution is -2.38. The second-order valence-electron chi connectivity index (χ2n) is 6.38. The molecule has 9 heteroatoms. The van der Waals surface area contributed by atoms with Gasteiger partial charge in [-0.25, -0.2) is 13.2 Å². The van der Waals surface area contributed by atoms with Crippen LogP contribution in [0.25, 0.3) is 0 Å². The first kappa shape index (κ1) is 23.4. The number of para-hydroxylation sites is 1. The molecule has 0 bridgehead atoms. The summed E-state index contributed by atoms with van der Waals surface area (Å²) in [6.07, 6.45) is 0. The molecule has 0 fully saturated rings. The molecule has 0 saturated carbocycles. The van der Waals surface area contributed by atoms with Crippen molar-refractivity contribution in [3.63, 3.8) is 0 Å². The predicted molar refractivity (Wildman–Crippen MR) is 113 cm³/mol. The van der Waals surface area contributed by atoms with E-state index in [0.29, 0.717) is 17.9 Å². The van der Waals surface area contributed by atoms with Gasteiger partial charge in [0.25, 0.3) is 0 Å². The normalized spacial score (nSPS) is 11.2. The van der Waals surface area contributed by atoms with Crippen LogP contribution in [-0.2, 0) is 19.6 Å². The first-order valence-corrected chi connectivity index (χ1v) is 10.9. The molecule has 2 aromatic carbocycles. The molecular weight excluding hydrogens is 408 g/mol. The topological polar surface area (TPSA) is 102 Å². The van der Waals surface area contributed by atoms with E-state index in [-0.39, 0.29) is 22.7 Å². The number of nitrogens with one attached hydrogen (secondary N) is 1. The highest BCUT2D eigenvalue weighted by atomic mass is 32.2. The van der Waals surface area contributed by atoms with Crippen LogP contribution in [0, 0.1) is 6.92 Å². The van der Waals surface area contributed by atoms with Crippen LogP contribution in [0.1, 0.15) is 29.8 Å². The van der Waals surface area contributed by atoms with E-state index in [2.05, 4.69) is 5.32 Å². The van der Waals surface area contributed by atoms with Crippen LogP contribution in [0.5, 0.6) is 5.75 Å². The third-order valence-electron chi connectivity index (χ3n) is 4.36. The van der Waals surface area contributed by atoms with Crippen molar-refractivity contribution in [2.24, 2.45) is 0 Å². The first-order valence-electron chi connectivity index (χ1n) is 9.45. The van der Waals surface area contributed by atoms with Crippen LogP contribution in [-0.4, -0.2) is 51.4 Å². The van der Waals surface area contributed by atoms with Crippen molar-refractivity contribution >= 4 is 27.6 Å².